The summed E-state index contributed by atoms with van der Waals surface area (Å²) in [5.41, 5.74) is 4.52. The van der Waals surface area contributed by atoms with Crippen molar-refractivity contribution in [1.29, 1.82) is 0 Å². The van der Waals surface area contributed by atoms with Gasteiger partial charge in [-0.1, -0.05) is 61.9 Å². The number of aliphatic hydroxyl groups is 1. The first-order chi connectivity index (χ1) is 22.2. The van der Waals surface area contributed by atoms with E-state index in [1.807, 2.05) is 72.8 Å². The van der Waals surface area contributed by atoms with Crippen molar-refractivity contribution in [2.75, 3.05) is 17.6 Å². The lowest BCUT2D eigenvalue weighted by atomic mass is 9.91. The van der Waals surface area contributed by atoms with Gasteiger partial charge in [-0.2, -0.15) is 0 Å². The minimum absolute atomic E-state index is 0.0108. The van der Waals surface area contributed by atoms with E-state index in [0.29, 0.717) is 25.3 Å². The molecule has 1 aliphatic rings. The number of unbranched alkanes of at least 4 members (excludes halogenated alkanes) is 2. The third-order valence-electron chi connectivity index (χ3n) is 7.91. The maximum absolute atomic E-state index is 12.3. The van der Waals surface area contributed by atoms with Crippen LogP contribution in [0.2, 0.25) is 0 Å². The fourth-order valence-corrected chi connectivity index (χ4v) is 6.33. The molecule has 1 fully saturated rings. The Morgan fingerprint density at radius 1 is 0.783 bits per heavy atom. The summed E-state index contributed by atoms with van der Waals surface area (Å²) in [7, 11) is 0. The van der Waals surface area contributed by atoms with Gasteiger partial charge in [0.2, 0.25) is 17.7 Å². The highest BCUT2D eigenvalue weighted by molar-refractivity contribution is 7.99. The van der Waals surface area contributed by atoms with Crippen molar-refractivity contribution < 1.29 is 29.0 Å². The molecule has 46 heavy (non-hydrogen) atoms. The fraction of sp³-hybridized carbons (Fsp3) is 0.417. The molecule has 9 nitrogen and oxygen atoms in total. The second-order valence-electron chi connectivity index (χ2n) is 11.7. The highest BCUT2D eigenvalue weighted by Crippen LogP contribution is 2.43. The Kier molecular flexibility index (Phi) is 13.6. The van der Waals surface area contributed by atoms with Gasteiger partial charge in [0.25, 0.3) is 0 Å². The molecule has 1 heterocycles. The van der Waals surface area contributed by atoms with E-state index in [4.69, 9.17) is 9.47 Å². The van der Waals surface area contributed by atoms with E-state index < -0.39 is 6.29 Å². The number of hydrogen-bond acceptors (Lipinski definition) is 7. The number of carbonyl (C=O) groups is 3. The third kappa shape index (κ3) is 11.0. The number of aliphatic hydroxyl groups excluding tert-OH is 1. The van der Waals surface area contributed by atoms with Gasteiger partial charge in [-0.3, -0.25) is 14.4 Å². The van der Waals surface area contributed by atoms with Crippen molar-refractivity contribution in [2.45, 2.75) is 83.0 Å². The molecule has 3 amide bonds. The van der Waals surface area contributed by atoms with Crippen LogP contribution in [0, 0.1) is 5.92 Å². The summed E-state index contributed by atoms with van der Waals surface area (Å²) in [6.07, 6.45) is 2.09. The van der Waals surface area contributed by atoms with Crippen LogP contribution in [0.5, 0.6) is 0 Å². The summed E-state index contributed by atoms with van der Waals surface area (Å²) in [6, 6.07) is 23.6. The Morgan fingerprint density at radius 2 is 1.46 bits per heavy atom. The molecule has 246 valence electrons. The lowest BCUT2D eigenvalue weighted by molar-refractivity contribution is -0.268. The molecule has 0 aliphatic carbocycles. The second kappa shape index (κ2) is 17.9. The van der Waals surface area contributed by atoms with Gasteiger partial charge >= 0.3 is 0 Å². The van der Waals surface area contributed by atoms with Crippen molar-refractivity contribution >= 4 is 35.2 Å². The summed E-state index contributed by atoms with van der Waals surface area (Å²) < 4.78 is 13.1. The van der Waals surface area contributed by atoms with E-state index in [0.717, 1.165) is 52.1 Å². The van der Waals surface area contributed by atoms with Crippen molar-refractivity contribution in [3.05, 3.63) is 95.1 Å². The van der Waals surface area contributed by atoms with Crippen LogP contribution in [-0.2, 0) is 37.0 Å². The van der Waals surface area contributed by atoms with Gasteiger partial charge < -0.3 is 30.5 Å². The van der Waals surface area contributed by atoms with Crippen LogP contribution in [0.3, 0.4) is 0 Å². The van der Waals surface area contributed by atoms with Crippen LogP contribution in [0.4, 0.5) is 5.69 Å². The number of thioether (sulfide) groups is 1. The van der Waals surface area contributed by atoms with Gasteiger partial charge in [0.15, 0.2) is 6.29 Å². The summed E-state index contributed by atoms with van der Waals surface area (Å²) in [6.45, 7) is 6.20. The van der Waals surface area contributed by atoms with Crippen molar-refractivity contribution in [3.63, 3.8) is 0 Å². The van der Waals surface area contributed by atoms with Gasteiger partial charge in [-0.25, -0.2) is 0 Å². The first-order valence-electron chi connectivity index (χ1n) is 15.8. The topological polar surface area (TPSA) is 126 Å². The third-order valence-corrected chi connectivity index (χ3v) is 9.01. The fourth-order valence-electron chi connectivity index (χ4n) is 5.26. The first-order valence-corrected chi connectivity index (χ1v) is 16.8. The number of anilines is 1. The molecule has 10 heteroatoms. The highest BCUT2D eigenvalue weighted by atomic mass is 32.2. The van der Waals surface area contributed by atoms with Crippen LogP contribution in [0.25, 0.3) is 0 Å². The molecule has 4 atom stereocenters. The average Bonchev–Trinajstić information content (AvgIpc) is 3.05. The molecule has 4 N–H and O–H groups in total. The largest absolute Gasteiger partial charge is 0.392 e. The normalized spacial score (nSPS) is 19.3. The minimum Gasteiger partial charge on any atom is -0.392 e. The maximum atomic E-state index is 12.3. The van der Waals surface area contributed by atoms with E-state index >= 15 is 0 Å². The monoisotopic (exact) mass is 647 g/mol. The SMILES string of the molecule is CC(=O)NCCCCCC(=O)NCc1ccc(C2OC(CSc3ccc(NC(C)=O)cc3)C(C)C(c3ccc(CO)cc3)O2)cc1. The molecular weight excluding hydrogens is 602 g/mol. The van der Waals surface area contributed by atoms with E-state index in [1.165, 1.54) is 13.8 Å². The molecule has 0 saturated carbocycles. The predicted octanol–water partition coefficient (Wildman–Crippen LogP) is 6.03. The summed E-state index contributed by atoms with van der Waals surface area (Å²) in [5.74, 6) is 0.645. The van der Waals surface area contributed by atoms with Crippen LogP contribution in [0.15, 0.2) is 77.7 Å². The molecule has 0 spiro atoms. The van der Waals surface area contributed by atoms with Crippen molar-refractivity contribution in [2.24, 2.45) is 5.92 Å². The quantitative estimate of drug-likeness (QED) is 0.117. The molecule has 1 saturated heterocycles. The van der Waals surface area contributed by atoms with Crippen LogP contribution < -0.4 is 16.0 Å². The van der Waals surface area contributed by atoms with Gasteiger partial charge in [-0.15, -0.1) is 11.8 Å². The van der Waals surface area contributed by atoms with Gasteiger partial charge in [-0.05, 0) is 53.8 Å². The Hall–Kier alpha value is -3.70. The lowest BCUT2D eigenvalue weighted by Crippen LogP contribution is -2.38. The summed E-state index contributed by atoms with van der Waals surface area (Å²) in [4.78, 5) is 35.7. The zero-order valence-corrected chi connectivity index (χ0v) is 27.6. The number of ether oxygens (including phenoxy) is 2. The standard InChI is InChI=1S/C36H45N3O6S/c1-24-33(23-46-32-18-16-31(17-19-32)39-26(3)42)44-36(45-35(24)29-12-10-28(22-40)11-13-29)30-14-8-27(9-15-30)21-38-34(43)7-5-4-6-20-37-25(2)41/h8-19,24,33,35-36,40H,4-7,20-23H2,1-3H3,(H,37,41)(H,38,43)(H,39,42). The number of benzene rings is 3. The Labute approximate surface area is 275 Å². The number of amides is 3. The number of nitrogens with one attached hydrogen (secondary N) is 3. The summed E-state index contributed by atoms with van der Waals surface area (Å²) in [5, 5.41) is 18.1. The van der Waals surface area contributed by atoms with E-state index in [1.54, 1.807) is 11.8 Å². The second-order valence-corrected chi connectivity index (χ2v) is 12.7. The number of rotatable bonds is 15. The number of hydrogen-bond donors (Lipinski definition) is 4. The van der Waals surface area contributed by atoms with E-state index in [-0.39, 0.29) is 42.5 Å². The van der Waals surface area contributed by atoms with E-state index in [2.05, 4.69) is 22.9 Å². The summed E-state index contributed by atoms with van der Waals surface area (Å²) >= 11 is 1.70. The van der Waals surface area contributed by atoms with Gasteiger partial charge in [0.1, 0.15) is 0 Å². The molecule has 3 aromatic carbocycles. The van der Waals surface area contributed by atoms with E-state index in [9.17, 15) is 19.5 Å². The molecule has 4 rings (SSSR count). The smallest absolute Gasteiger partial charge is 0.221 e. The zero-order chi connectivity index (χ0) is 32.9. The maximum Gasteiger partial charge on any atom is 0.221 e. The van der Waals surface area contributed by atoms with Crippen molar-refractivity contribution in [1.82, 2.24) is 10.6 Å². The zero-order valence-electron chi connectivity index (χ0n) is 26.8. The Bertz CT molecular complexity index is 1420. The lowest BCUT2D eigenvalue weighted by Gasteiger charge is -2.41. The molecular formula is C36H45N3O6S. The minimum atomic E-state index is -0.576. The van der Waals surface area contributed by atoms with Gasteiger partial charge in [0, 0.05) is 61.2 Å². The molecule has 1 aliphatic heterocycles. The van der Waals surface area contributed by atoms with Gasteiger partial charge in [0.05, 0.1) is 18.8 Å². The Morgan fingerprint density at radius 3 is 2.11 bits per heavy atom. The Balaban J connectivity index is 1.37. The van der Waals surface area contributed by atoms with Crippen LogP contribution in [0.1, 0.15) is 81.1 Å². The highest BCUT2D eigenvalue weighted by Gasteiger charge is 2.38. The molecule has 0 radical (unpaired) electrons. The molecule has 0 bridgehead atoms. The van der Waals surface area contributed by atoms with Crippen molar-refractivity contribution in [3.8, 4) is 0 Å². The molecule has 3 aromatic rings. The molecule has 0 aromatic heterocycles. The molecule has 4 unspecified atom stereocenters. The average molecular weight is 648 g/mol. The first kappa shape index (κ1) is 35.2. The number of carbonyl (C=O) groups excluding carboxylic acids is 3. The van der Waals surface area contributed by atoms with Crippen LogP contribution >= 0.6 is 11.8 Å². The predicted molar refractivity (Wildman–Crippen MR) is 180 cm³/mol. The van der Waals surface area contributed by atoms with Crippen LogP contribution in [-0.4, -0.2) is 41.2 Å².